The molecule has 1 heterocycles. The summed E-state index contributed by atoms with van der Waals surface area (Å²) in [6, 6.07) is 19.1. The molecule has 37 heavy (non-hydrogen) atoms. The van der Waals surface area contributed by atoms with E-state index in [2.05, 4.69) is 33.2 Å². The van der Waals surface area contributed by atoms with Crippen molar-refractivity contribution < 1.29 is 24.2 Å². The number of anilines is 1. The number of nitrogens with one attached hydrogen (secondary N) is 2. The van der Waals surface area contributed by atoms with Gasteiger partial charge >= 0.3 is 6.03 Å². The summed E-state index contributed by atoms with van der Waals surface area (Å²) >= 11 is 2.20. The second-order valence-corrected chi connectivity index (χ2v) is 10.1. The number of hydrogen-bond acceptors (Lipinski definition) is 5. The number of imide groups is 1. The maximum absolute atomic E-state index is 13.7. The lowest BCUT2D eigenvalue weighted by atomic mass is 9.91. The van der Waals surface area contributed by atoms with E-state index in [1.807, 2.05) is 62.4 Å². The molecule has 0 aliphatic carbocycles. The van der Waals surface area contributed by atoms with Gasteiger partial charge in [-0.2, -0.15) is 0 Å². The number of aryl methyl sites for hydroxylation is 1. The molecule has 4 amide bonds. The third-order valence-electron chi connectivity index (χ3n) is 6.34. The lowest BCUT2D eigenvalue weighted by molar-refractivity contribution is -0.134. The number of carbonyl (C=O) groups is 3. The maximum atomic E-state index is 13.7. The molecule has 1 aliphatic rings. The van der Waals surface area contributed by atoms with Gasteiger partial charge in [-0.3, -0.25) is 9.59 Å². The Balaban J connectivity index is 1.64. The molecule has 3 aromatic carbocycles. The highest BCUT2D eigenvalue weighted by molar-refractivity contribution is 14.1. The van der Waals surface area contributed by atoms with Gasteiger partial charge in [-0.15, -0.1) is 0 Å². The number of rotatable bonds is 9. The van der Waals surface area contributed by atoms with Crippen LogP contribution in [0, 0.1) is 10.5 Å². The van der Waals surface area contributed by atoms with Gasteiger partial charge in [-0.05, 0) is 76.5 Å². The van der Waals surface area contributed by atoms with Gasteiger partial charge in [-0.25, -0.2) is 9.69 Å². The average Bonchev–Trinajstić information content (AvgIpc) is 3.19. The monoisotopic (exact) mass is 613 g/mol. The van der Waals surface area contributed by atoms with E-state index in [1.165, 1.54) is 0 Å². The van der Waals surface area contributed by atoms with Crippen LogP contribution in [-0.2, 0) is 9.59 Å². The zero-order valence-electron chi connectivity index (χ0n) is 20.5. The molecule has 3 atom stereocenters. The largest absolute Gasteiger partial charge is 0.491 e. The summed E-state index contributed by atoms with van der Waals surface area (Å²) in [5.74, 6) is -0.879. The Hall–Kier alpha value is -3.44. The second-order valence-electron chi connectivity index (χ2n) is 8.82. The highest BCUT2D eigenvalue weighted by atomic mass is 127. The van der Waals surface area contributed by atoms with Crippen LogP contribution < -0.4 is 15.4 Å². The number of aliphatic hydroxyl groups is 1. The van der Waals surface area contributed by atoms with Crippen molar-refractivity contribution in [2.45, 2.75) is 31.8 Å². The van der Waals surface area contributed by atoms with Crippen molar-refractivity contribution >= 4 is 46.1 Å². The molecule has 9 heteroatoms. The summed E-state index contributed by atoms with van der Waals surface area (Å²) in [5, 5.41) is 14.6. The van der Waals surface area contributed by atoms with Crippen LogP contribution in [0.3, 0.4) is 0 Å². The van der Waals surface area contributed by atoms with Crippen molar-refractivity contribution in [1.29, 1.82) is 0 Å². The van der Waals surface area contributed by atoms with Gasteiger partial charge in [0.1, 0.15) is 24.4 Å². The minimum absolute atomic E-state index is 0.112. The normalized spacial score (nSPS) is 16.8. The molecule has 192 valence electrons. The number of hydrogen-bond donors (Lipinski definition) is 3. The van der Waals surface area contributed by atoms with E-state index in [9.17, 15) is 14.4 Å². The molecule has 8 nitrogen and oxygen atoms in total. The Morgan fingerprint density at radius 1 is 1.11 bits per heavy atom. The van der Waals surface area contributed by atoms with Crippen molar-refractivity contribution in [3.8, 4) is 5.75 Å². The zero-order chi connectivity index (χ0) is 26.5. The van der Waals surface area contributed by atoms with Gasteiger partial charge in [0.05, 0.1) is 6.61 Å². The summed E-state index contributed by atoms with van der Waals surface area (Å²) in [6.07, 6.45) is 0. The van der Waals surface area contributed by atoms with Crippen LogP contribution in [0.1, 0.15) is 35.6 Å². The van der Waals surface area contributed by atoms with E-state index in [0.29, 0.717) is 17.0 Å². The molecule has 0 saturated carbocycles. The minimum atomic E-state index is -1.08. The standard InChI is InChI=1S/C28H28IN3O5/c1-17-16-21(29)10-13-23(17)30-26(34)25(18(2)19-6-4-3-5-7-19)32-27(35)24(31-28(32)36)20-8-11-22(12-9-20)37-15-14-33/h3-13,16,18,24-25,33H,14-15H2,1-2H3,(H,30,34)(H,31,36)/t18-,24?,25-/m0/s1. The van der Waals surface area contributed by atoms with E-state index in [4.69, 9.17) is 9.84 Å². The van der Waals surface area contributed by atoms with Gasteiger partial charge in [0, 0.05) is 15.2 Å². The number of benzene rings is 3. The Labute approximate surface area is 229 Å². The quantitative estimate of drug-likeness (QED) is 0.246. The van der Waals surface area contributed by atoms with E-state index >= 15 is 0 Å². The highest BCUT2D eigenvalue weighted by Crippen LogP contribution is 2.32. The fraction of sp³-hybridized carbons (Fsp3) is 0.250. The first kappa shape index (κ1) is 26.6. The van der Waals surface area contributed by atoms with Crippen molar-refractivity contribution in [2.75, 3.05) is 18.5 Å². The van der Waals surface area contributed by atoms with Crippen LogP contribution in [0.15, 0.2) is 72.8 Å². The van der Waals surface area contributed by atoms with Gasteiger partial charge in [0.2, 0.25) is 5.91 Å². The van der Waals surface area contributed by atoms with E-state index in [-0.39, 0.29) is 13.2 Å². The Morgan fingerprint density at radius 3 is 2.46 bits per heavy atom. The fourth-order valence-corrected chi connectivity index (χ4v) is 5.03. The van der Waals surface area contributed by atoms with Crippen LogP contribution in [0.5, 0.6) is 5.75 Å². The molecule has 3 aromatic rings. The van der Waals surface area contributed by atoms with Crippen LogP contribution in [0.2, 0.25) is 0 Å². The molecular formula is C28H28IN3O5. The number of aliphatic hydroxyl groups excluding tert-OH is 1. The summed E-state index contributed by atoms with van der Waals surface area (Å²) < 4.78 is 6.41. The Kier molecular flexibility index (Phi) is 8.45. The van der Waals surface area contributed by atoms with Gasteiger partial charge in [-0.1, -0.05) is 49.4 Å². The number of urea groups is 1. The number of nitrogens with zero attached hydrogens (tertiary/aromatic N) is 1. The Bertz CT molecular complexity index is 1280. The topological polar surface area (TPSA) is 108 Å². The average molecular weight is 613 g/mol. The van der Waals surface area contributed by atoms with E-state index in [1.54, 1.807) is 24.3 Å². The molecule has 1 unspecified atom stereocenters. The molecule has 1 aliphatic heterocycles. The van der Waals surface area contributed by atoms with Crippen LogP contribution >= 0.6 is 22.6 Å². The van der Waals surface area contributed by atoms with Crippen molar-refractivity contribution in [2.24, 2.45) is 0 Å². The molecule has 3 N–H and O–H groups in total. The fourth-order valence-electron chi connectivity index (χ4n) is 4.38. The summed E-state index contributed by atoms with van der Waals surface area (Å²) in [5.41, 5.74) is 2.90. The zero-order valence-corrected chi connectivity index (χ0v) is 22.6. The lowest BCUT2D eigenvalue weighted by Crippen LogP contribution is -2.50. The highest BCUT2D eigenvalue weighted by Gasteiger charge is 2.47. The number of ether oxygens (including phenoxy) is 1. The van der Waals surface area contributed by atoms with Gasteiger partial charge in [0.25, 0.3) is 5.91 Å². The number of carbonyl (C=O) groups excluding carboxylic acids is 3. The molecule has 4 rings (SSSR count). The number of halogens is 1. The maximum Gasteiger partial charge on any atom is 0.325 e. The first-order valence-electron chi connectivity index (χ1n) is 11.9. The van der Waals surface area contributed by atoms with Crippen LogP contribution in [0.4, 0.5) is 10.5 Å². The van der Waals surface area contributed by atoms with Gasteiger partial charge < -0.3 is 20.5 Å². The molecule has 0 radical (unpaired) electrons. The smallest absolute Gasteiger partial charge is 0.325 e. The molecular weight excluding hydrogens is 585 g/mol. The van der Waals surface area contributed by atoms with E-state index < -0.39 is 35.8 Å². The third kappa shape index (κ3) is 5.94. The van der Waals surface area contributed by atoms with Crippen LogP contribution in [0.25, 0.3) is 0 Å². The first-order valence-corrected chi connectivity index (χ1v) is 13.0. The third-order valence-corrected chi connectivity index (χ3v) is 7.01. The second kappa shape index (κ2) is 11.7. The predicted octanol–water partition coefficient (Wildman–Crippen LogP) is 4.37. The lowest BCUT2D eigenvalue weighted by Gasteiger charge is -2.30. The van der Waals surface area contributed by atoms with E-state index in [0.717, 1.165) is 19.6 Å². The SMILES string of the molecule is Cc1cc(I)ccc1NC(=O)[C@H]([C@@H](C)c1ccccc1)N1C(=O)NC(c2ccc(OCCO)cc2)C1=O. The van der Waals surface area contributed by atoms with Crippen molar-refractivity contribution in [3.63, 3.8) is 0 Å². The van der Waals surface area contributed by atoms with Gasteiger partial charge in [0.15, 0.2) is 0 Å². The van der Waals surface area contributed by atoms with Crippen molar-refractivity contribution in [1.82, 2.24) is 10.2 Å². The molecule has 0 bridgehead atoms. The predicted molar refractivity (Wildman–Crippen MR) is 148 cm³/mol. The molecule has 0 aromatic heterocycles. The van der Waals surface area contributed by atoms with Crippen LogP contribution in [-0.4, -0.2) is 47.1 Å². The van der Waals surface area contributed by atoms with Crippen molar-refractivity contribution in [3.05, 3.63) is 93.1 Å². The summed E-state index contributed by atoms with van der Waals surface area (Å²) in [6.45, 7) is 3.77. The molecule has 1 fully saturated rings. The molecule has 1 saturated heterocycles. The minimum Gasteiger partial charge on any atom is -0.491 e. The summed E-state index contributed by atoms with van der Waals surface area (Å²) in [4.78, 5) is 41.5. The first-order chi connectivity index (χ1) is 17.8. The number of amides is 4. The molecule has 0 spiro atoms. The summed E-state index contributed by atoms with van der Waals surface area (Å²) in [7, 11) is 0. The Morgan fingerprint density at radius 2 is 1.81 bits per heavy atom.